The standard InChI is InChI=1S/C22H24N2O4/c1-23-10-16-11-24(22(25)15-5-8-19-20(9-15)28-13-27-19)12-18(16)21(23)14-3-6-17(26-2)7-4-14/h3-9,16,18,21H,10-13H2,1-2H3/t16-,18+,21+/m0/s1. The molecule has 146 valence electrons. The van der Waals surface area contributed by atoms with E-state index in [9.17, 15) is 4.79 Å². The highest BCUT2D eigenvalue weighted by molar-refractivity contribution is 5.95. The lowest BCUT2D eigenvalue weighted by Gasteiger charge is -2.27. The number of hydrogen-bond donors (Lipinski definition) is 0. The molecular weight excluding hydrogens is 356 g/mol. The van der Waals surface area contributed by atoms with Crippen LogP contribution in [0.1, 0.15) is 22.0 Å². The Labute approximate surface area is 164 Å². The summed E-state index contributed by atoms with van der Waals surface area (Å²) in [6, 6.07) is 14.1. The molecule has 0 bridgehead atoms. The zero-order chi connectivity index (χ0) is 19.3. The fourth-order valence-electron chi connectivity index (χ4n) is 4.94. The molecule has 6 heteroatoms. The number of nitrogens with zero attached hydrogens (tertiary/aromatic N) is 2. The Bertz CT molecular complexity index is 898. The third-order valence-electron chi connectivity index (χ3n) is 6.26. The van der Waals surface area contributed by atoms with Gasteiger partial charge in [0.25, 0.3) is 5.91 Å². The number of likely N-dealkylation sites (tertiary alicyclic amines) is 2. The summed E-state index contributed by atoms with van der Waals surface area (Å²) in [4.78, 5) is 17.5. The molecule has 3 atom stereocenters. The zero-order valence-corrected chi connectivity index (χ0v) is 16.1. The fourth-order valence-corrected chi connectivity index (χ4v) is 4.94. The van der Waals surface area contributed by atoms with Crippen molar-refractivity contribution in [2.24, 2.45) is 11.8 Å². The van der Waals surface area contributed by atoms with Crippen molar-refractivity contribution in [2.45, 2.75) is 6.04 Å². The quantitative estimate of drug-likeness (QED) is 0.820. The zero-order valence-electron chi connectivity index (χ0n) is 16.1. The monoisotopic (exact) mass is 380 g/mol. The van der Waals surface area contributed by atoms with Crippen LogP contribution in [0.25, 0.3) is 0 Å². The van der Waals surface area contributed by atoms with Gasteiger partial charge in [-0.15, -0.1) is 0 Å². The van der Waals surface area contributed by atoms with E-state index in [4.69, 9.17) is 14.2 Å². The first-order chi connectivity index (χ1) is 13.6. The number of hydrogen-bond acceptors (Lipinski definition) is 5. The first-order valence-corrected chi connectivity index (χ1v) is 9.67. The normalized spacial score (nSPS) is 25.8. The van der Waals surface area contributed by atoms with Crippen LogP contribution in [0.3, 0.4) is 0 Å². The molecule has 2 fully saturated rings. The maximum absolute atomic E-state index is 13.1. The lowest BCUT2D eigenvalue weighted by molar-refractivity contribution is 0.0767. The maximum Gasteiger partial charge on any atom is 0.254 e. The van der Waals surface area contributed by atoms with Crippen molar-refractivity contribution in [3.8, 4) is 17.2 Å². The van der Waals surface area contributed by atoms with E-state index >= 15 is 0 Å². The topological polar surface area (TPSA) is 51.2 Å². The third-order valence-corrected chi connectivity index (χ3v) is 6.26. The minimum Gasteiger partial charge on any atom is -0.497 e. The summed E-state index contributed by atoms with van der Waals surface area (Å²) in [6.45, 7) is 2.80. The minimum absolute atomic E-state index is 0.0730. The molecule has 0 radical (unpaired) electrons. The highest BCUT2D eigenvalue weighted by Gasteiger charge is 2.47. The van der Waals surface area contributed by atoms with Gasteiger partial charge in [0.1, 0.15) is 5.75 Å². The van der Waals surface area contributed by atoms with Gasteiger partial charge in [0.05, 0.1) is 7.11 Å². The smallest absolute Gasteiger partial charge is 0.254 e. The molecule has 0 aromatic heterocycles. The molecule has 0 N–H and O–H groups in total. The number of carbonyl (C=O) groups is 1. The molecule has 2 aromatic carbocycles. The van der Waals surface area contributed by atoms with E-state index in [0.29, 0.717) is 34.9 Å². The van der Waals surface area contributed by atoms with Gasteiger partial charge >= 0.3 is 0 Å². The lowest BCUT2D eigenvalue weighted by atomic mass is 9.89. The Morgan fingerprint density at radius 2 is 1.82 bits per heavy atom. The van der Waals surface area contributed by atoms with Crippen LogP contribution < -0.4 is 14.2 Å². The molecule has 0 saturated carbocycles. The number of rotatable bonds is 3. The van der Waals surface area contributed by atoms with Gasteiger partial charge in [0, 0.05) is 37.2 Å². The van der Waals surface area contributed by atoms with Crippen molar-refractivity contribution >= 4 is 5.91 Å². The third kappa shape index (κ3) is 2.79. The number of fused-ring (bicyclic) bond motifs is 2. The Morgan fingerprint density at radius 1 is 1.04 bits per heavy atom. The summed E-state index contributed by atoms with van der Waals surface area (Å²) in [6.07, 6.45) is 0. The number of methoxy groups -OCH3 is 1. The number of amides is 1. The molecule has 3 aliphatic rings. The molecule has 0 spiro atoms. The van der Waals surface area contributed by atoms with E-state index in [2.05, 4.69) is 24.1 Å². The molecule has 0 unspecified atom stereocenters. The first kappa shape index (κ1) is 17.4. The molecule has 3 aliphatic heterocycles. The largest absolute Gasteiger partial charge is 0.497 e. The van der Waals surface area contributed by atoms with Crippen LogP contribution in [0.15, 0.2) is 42.5 Å². The lowest BCUT2D eigenvalue weighted by Crippen LogP contribution is -2.33. The second-order valence-corrected chi connectivity index (χ2v) is 7.86. The summed E-state index contributed by atoms with van der Waals surface area (Å²) < 4.78 is 16.1. The van der Waals surface area contributed by atoms with Crippen molar-refractivity contribution in [3.63, 3.8) is 0 Å². The number of ether oxygens (including phenoxy) is 3. The molecule has 0 aliphatic carbocycles. The molecule has 2 saturated heterocycles. The molecule has 5 rings (SSSR count). The van der Waals surface area contributed by atoms with E-state index in [1.807, 2.05) is 29.2 Å². The van der Waals surface area contributed by atoms with E-state index in [0.717, 1.165) is 25.4 Å². The Morgan fingerprint density at radius 3 is 2.61 bits per heavy atom. The van der Waals surface area contributed by atoms with Crippen LogP contribution in [0, 0.1) is 11.8 Å². The van der Waals surface area contributed by atoms with E-state index in [1.54, 1.807) is 13.2 Å². The van der Waals surface area contributed by atoms with Crippen molar-refractivity contribution in [1.29, 1.82) is 0 Å². The number of carbonyl (C=O) groups excluding carboxylic acids is 1. The van der Waals surface area contributed by atoms with Crippen molar-refractivity contribution in [1.82, 2.24) is 9.80 Å². The van der Waals surface area contributed by atoms with Gasteiger partial charge in [-0.2, -0.15) is 0 Å². The summed E-state index contributed by atoms with van der Waals surface area (Å²) in [5, 5.41) is 0. The van der Waals surface area contributed by atoms with Gasteiger partial charge in [0.15, 0.2) is 11.5 Å². The van der Waals surface area contributed by atoms with Crippen LogP contribution in [-0.4, -0.2) is 56.3 Å². The molecular formula is C22H24N2O4. The van der Waals surface area contributed by atoms with Crippen LogP contribution >= 0.6 is 0 Å². The van der Waals surface area contributed by atoms with E-state index in [1.165, 1.54) is 5.56 Å². The predicted octanol–water partition coefficient (Wildman–Crippen LogP) is 2.80. The summed E-state index contributed by atoms with van der Waals surface area (Å²) in [5.74, 6) is 3.24. The van der Waals surface area contributed by atoms with Crippen molar-refractivity contribution in [2.75, 3.05) is 40.6 Å². The van der Waals surface area contributed by atoms with Gasteiger partial charge in [0.2, 0.25) is 6.79 Å². The van der Waals surface area contributed by atoms with Crippen molar-refractivity contribution < 1.29 is 19.0 Å². The van der Waals surface area contributed by atoms with Gasteiger partial charge in [-0.25, -0.2) is 0 Å². The first-order valence-electron chi connectivity index (χ1n) is 9.67. The van der Waals surface area contributed by atoms with Crippen LogP contribution in [0.5, 0.6) is 17.2 Å². The molecule has 28 heavy (non-hydrogen) atoms. The number of benzene rings is 2. The van der Waals surface area contributed by atoms with Gasteiger partial charge in [-0.3, -0.25) is 9.69 Å². The fraction of sp³-hybridized carbons (Fsp3) is 0.409. The van der Waals surface area contributed by atoms with Crippen LogP contribution in [0.4, 0.5) is 0 Å². The Hall–Kier alpha value is -2.73. The van der Waals surface area contributed by atoms with Crippen molar-refractivity contribution in [3.05, 3.63) is 53.6 Å². The summed E-state index contributed by atoms with van der Waals surface area (Å²) >= 11 is 0. The van der Waals surface area contributed by atoms with Crippen LogP contribution in [-0.2, 0) is 0 Å². The summed E-state index contributed by atoms with van der Waals surface area (Å²) in [7, 11) is 3.86. The van der Waals surface area contributed by atoms with E-state index < -0.39 is 0 Å². The molecule has 2 aromatic rings. The average molecular weight is 380 g/mol. The molecule has 6 nitrogen and oxygen atoms in total. The van der Waals surface area contributed by atoms with Crippen LogP contribution in [0.2, 0.25) is 0 Å². The SMILES string of the molecule is COc1ccc([C@@H]2[C@@H]3CN(C(=O)c4ccc5c(c4)OCO5)C[C@@H]3CN2C)cc1. The highest BCUT2D eigenvalue weighted by Crippen LogP contribution is 2.44. The maximum atomic E-state index is 13.1. The Kier molecular flexibility index (Phi) is 4.16. The van der Waals surface area contributed by atoms with Gasteiger partial charge in [-0.05, 0) is 48.9 Å². The van der Waals surface area contributed by atoms with Gasteiger partial charge in [-0.1, -0.05) is 12.1 Å². The molecule has 3 heterocycles. The predicted molar refractivity (Wildman–Crippen MR) is 104 cm³/mol. The van der Waals surface area contributed by atoms with Gasteiger partial charge < -0.3 is 19.1 Å². The molecule has 1 amide bonds. The summed E-state index contributed by atoms with van der Waals surface area (Å²) in [5.41, 5.74) is 1.95. The Balaban J connectivity index is 1.35. The minimum atomic E-state index is 0.0730. The highest BCUT2D eigenvalue weighted by atomic mass is 16.7. The van der Waals surface area contributed by atoms with E-state index in [-0.39, 0.29) is 12.7 Å². The second kappa shape index (κ2) is 6.71. The average Bonchev–Trinajstić information content (AvgIpc) is 3.41. The second-order valence-electron chi connectivity index (χ2n) is 7.86.